The van der Waals surface area contributed by atoms with Gasteiger partial charge in [0.25, 0.3) is 0 Å². The van der Waals surface area contributed by atoms with Gasteiger partial charge < -0.3 is 0 Å². The zero-order valence-corrected chi connectivity index (χ0v) is 8.63. The Bertz CT molecular complexity index is 341. The van der Waals surface area contributed by atoms with Gasteiger partial charge >= 0.3 is 0 Å². The fraction of sp³-hybridized carbons (Fsp3) is 0.143. The van der Waals surface area contributed by atoms with E-state index in [9.17, 15) is 0 Å². The molecule has 0 bridgehead atoms. The van der Waals surface area contributed by atoms with Crippen molar-refractivity contribution >= 4 is 0 Å². The van der Waals surface area contributed by atoms with Crippen molar-refractivity contribution in [3.05, 3.63) is 71.8 Å². The highest BCUT2D eigenvalue weighted by Crippen LogP contribution is 2.01. The molecular weight excluding hydrogens is 182 g/mol. The molecule has 1 nitrogen and oxygen atoms in total. The van der Waals surface area contributed by atoms with Gasteiger partial charge in [-0.1, -0.05) is 60.7 Å². The molecule has 0 saturated carbocycles. The maximum Gasteiger partial charge on any atom is 0.209 e. The third kappa shape index (κ3) is 3.22. The Hall–Kier alpha value is -1.60. The zero-order chi connectivity index (χ0) is 10.3. The molecule has 2 rings (SSSR count). The highest BCUT2D eigenvalue weighted by molar-refractivity contribution is 5.16. The minimum atomic E-state index is 0.801. The lowest BCUT2D eigenvalue weighted by atomic mass is 10.2. The van der Waals surface area contributed by atoms with Gasteiger partial charge in [-0.2, -0.15) is 0 Å². The average molecular weight is 196 g/mol. The fourth-order valence-corrected chi connectivity index (χ4v) is 1.48. The number of benzene rings is 2. The molecule has 0 aliphatic rings. The summed E-state index contributed by atoms with van der Waals surface area (Å²) in [5, 5.41) is 4.51. The Balaban J connectivity index is 1.81. The van der Waals surface area contributed by atoms with Crippen LogP contribution in [0.25, 0.3) is 0 Å². The van der Waals surface area contributed by atoms with Gasteiger partial charge in [0.05, 0.1) is 5.32 Å². The normalized spacial score (nSPS) is 10.1. The van der Waals surface area contributed by atoms with Crippen molar-refractivity contribution in [1.29, 1.82) is 0 Å². The van der Waals surface area contributed by atoms with E-state index in [1.54, 1.807) is 0 Å². The lowest BCUT2D eigenvalue weighted by Gasteiger charge is -1.92. The molecule has 0 fully saturated rings. The lowest BCUT2D eigenvalue weighted by Crippen LogP contribution is -2.04. The molecule has 0 aliphatic heterocycles. The molecule has 2 radical (unpaired) electrons. The standard InChI is InChI=1S/C14H14N/c1-3-7-13(8-4-1)11-15-12-14-9-5-2-6-10-14/h1-10H,11-12H2/q+1. The van der Waals surface area contributed by atoms with Gasteiger partial charge in [0.15, 0.2) is 0 Å². The Morgan fingerprint density at radius 3 is 1.40 bits per heavy atom. The summed E-state index contributed by atoms with van der Waals surface area (Å²) in [7, 11) is 0. The first-order chi connectivity index (χ1) is 7.45. The molecule has 0 aromatic heterocycles. The van der Waals surface area contributed by atoms with E-state index in [-0.39, 0.29) is 0 Å². The minimum Gasteiger partial charge on any atom is -0.0622 e. The van der Waals surface area contributed by atoms with E-state index < -0.39 is 0 Å². The topological polar surface area (TPSA) is 14.1 Å². The molecule has 2 aromatic carbocycles. The Morgan fingerprint density at radius 2 is 1.00 bits per heavy atom. The fourth-order valence-electron chi connectivity index (χ4n) is 1.48. The van der Waals surface area contributed by atoms with Crippen LogP contribution in [-0.2, 0) is 13.1 Å². The molecule has 0 aliphatic carbocycles. The van der Waals surface area contributed by atoms with Crippen molar-refractivity contribution in [2.45, 2.75) is 13.1 Å². The quantitative estimate of drug-likeness (QED) is 0.713. The largest absolute Gasteiger partial charge is 0.209 e. The molecule has 74 valence electrons. The maximum atomic E-state index is 4.51. The third-order valence-electron chi connectivity index (χ3n) is 2.27. The predicted octanol–water partition coefficient (Wildman–Crippen LogP) is 2.99. The second kappa shape index (κ2) is 5.32. The van der Waals surface area contributed by atoms with Crippen molar-refractivity contribution < 1.29 is 0 Å². The lowest BCUT2D eigenvalue weighted by molar-refractivity contribution is 0.677. The van der Waals surface area contributed by atoms with Gasteiger partial charge in [0, 0.05) is 11.1 Å². The monoisotopic (exact) mass is 196 g/mol. The zero-order valence-electron chi connectivity index (χ0n) is 8.63. The smallest absolute Gasteiger partial charge is 0.0622 e. The first-order valence-electron chi connectivity index (χ1n) is 5.16. The van der Waals surface area contributed by atoms with Gasteiger partial charge in [-0.3, -0.25) is 0 Å². The number of hydrogen-bond acceptors (Lipinski definition) is 0. The van der Waals surface area contributed by atoms with Crippen molar-refractivity contribution in [1.82, 2.24) is 5.32 Å². The van der Waals surface area contributed by atoms with Gasteiger partial charge in [0.1, 0.15) is 0 Å². The van der Waals surface area contributed by atoms with Crippen molar-refractivity contribution in [3.8, 4) is 0 Å². The average Bonchev–Trinajstić information content (AvgIpc) is 2.32. The van der Waals surface area contributed by atoms with Crippen LogP contribution < -0.4 is 5.32 Å². The van der Waals surface area contributed by atoms with Crippen LogP contribution in [0.3, 0.4) is 0 Å². The number of nitrogens with zero attached hydrogens (tertiary/aromatic N) is 1. The summed E-state index contributed by atoms with van der Waals surface area (Å²) >= 11 is 0. The summed E-state index contributed by atoms with van der Waals surface area (Å²) in [6.07, 6.45) is 0. The van der Waals surface area contributed by atoms with E-state index in [0.29, 0.717) is 0 Å². The maximum absolute atomic E-state index is 4.51. The predicted molar refractivity (Wildman–Crippen MR) is 62.4 cm³/mol. The van der Waals surface area contributed by atoms with E-state index >= 15 is 0 Å². The van der Waals surface area contributed by atoms with Crippen molar-refractivity contribution in [3.63, 3.8) is 0 Å². The first kappa shape index (κ1) is 9.94. The molecule has 0 unspecified atom stereocenters. The van der Waals surface area contributed by atoms with Gasteiger partial charge in [-0.05, 0) is 0 Å². The highest BCUT2D eigenvalue weighted by atomic mass is 14.8. The van der Waals surface area contributed by atoms with E-state index in [2.05, 4.69) is 29.6 Å². The molecule has 0 spiro atoms. The Kier molecular flexibility index (Phi) is 3.53. The van der Waals surface area contributed by atoms with E-state index in [4.69, 9.17) is 0 Å². The summed E-state index contributed by atoms with van der Waals surface area (Å²) in [4.78, 5) is 0. The van der Waals surface area contributed by atoms with Crippen molar-refractivity contribution in [2.75, 3.05) is 0 Å². The second-order valence-electron chi connectivity index (χ2n) is 3.51. The van der Waals surface area contributed by atoms with Crippen LogP contribution in [0, 0.1) is 0 Å². The second-order valence-corrected chi connectivity index (χ2v) is 3.51. The number of hydrogen-bond donors (Lipinski definition) is 0. The summed E-state index contributed by atoms with van der Waals surface area (Å²) in [6.45, 7) is 1.60. The molecule has 1 heteroatoms. The molecular formula is C14H14N+. The van der Waals surface area contributed by atoms with Crippen LogP contribution in [-0.4, -0.2) is 0 Å². The Morgan fingerprint density at radius 1 is 0.600 bits per heavy atom. The summed E-state index contributed by atoms with van der Waals surface area (Å²) in [5.41, 5.74) is 2.54. The van der Waals surface area contributed by atoms with Crippen LogP contribution in [0.2, 0.25) is 0 Å². The van der Waals surface area contributed by atoms with Crippen LogP contribution in [0.5, 0.6) is 0 Å². The SMILES string of the molecule is c1ccc(C[N+]Cc2ccccc2)cc1. The van der Waals surface area contributed by atoms with E-state index in [1.165, 1.54) is 11.1 Å². The Labute approximate surface area is 90.8 Å². The highest BCUT2D eigenvalue weighted by Gasteiger charge is 2.05. The molecule has 15 heavy (non-hydrogen) atoms. The number of rotatable bonds is 4. The van der Waals surface area contributed by atoms with E-state index in [1.807, 2.05) is 36.4 Å². The van der Waals surface area contributed by atoms with Crippen LogP contribution in [0.4, 0.5) is 0 Å². The van der Waals surface area contributed by atoms with Crippen LogP contribution in [0.1, 0.15) is 11.1 Å². The molecule has 0 amide bonds. The summed E-state index contributed by atoms with van der Waals surface area (Å²) in [5.74, 6) is 0. The summed E-state index contributed by atoms with van der Waals surface area (Å²) < 4.78 is 0. The minimum absolute atomic E-state index is 0.801. The van der Waals surface area contributed by atoms with Gasteiger partial charge in [-0.25, -0.2) is 0 Å². The molecule has 2 aromatic rings. The van der Waals surface area contributed by atoms with Gasteiger partial charge in [0.2, 0.25) is 13.1 Å². The van der Waals surface area contributed by atoms with E-state index in [0.717, 1.165) is 13.1 Å². The molecule has 0 atom stereocenters. The third-order valence-corrected chi connectivity index (χ3v) is 2.27. The molecule has 0 heterocycles. The van der Waals surface area contributed by atoms with Crippen LogP contribution >= 0.6 is 0 Å². The summed E-state index contributed by atoms with van der Waals surface area (Å²) in [6, 6.07) is 20.7. The molecule has 0 N–H and O–H groups in total. The first-order valence-corrected chi connectivity index (χ1v) is 5.16. The van der Waals surface area contributed by atoms with Crippen molar-refractivity contribution in [2.24, 2.45) is 0 Å². The van der Waals surface area contributed by atoms with Gasteiger partial charge in [-0.15, -0.1) is 0 Å². The molecule has 0 saturated heterocycles. The van der Waals surface area contributed by atoms with Crippen LogP contribution in [0.15, 0.2) is 60.7 Å².